The van der Waals surface area contributed by atoms with Crippen molar-refractivity contribution in [2.45, 2.75) is 0 Å². The predicted octanol–water partition coefficient (Wildman–Crippen LogP) is 5.14. The highest BCUT2D eigenvalue weighted by Gasteiger charge is 2.10. The molecule has 112 valence electrons. The number of nitriles is 1. The van der Waals surface area contributed by atoms with Crippen LogP contribution >= 0.6 is 38.5 Å². The van der Waals surface area contributed by atoms with Gasteiger partial charge in [-0.05, 0) is 64.1 Å². The highest BCUT2D eigenvalue weighted by Crippen LogP contribution is 2.34. The average molecular weight is 470 g/mol. The summed E-state index contributed by atoms with van der Waals surface area (Å²) in [5, 5.41) is 9.42. The molecule has 2 aromatic rings. The smallest absolute Gasteiger partial charge is 0.174 e. The third kappa shape index (κ3) is 3.81. The molecule has 0 fully saturated rings. The lowest BCUT2D eigenvalue weighted by molar-refractivity contribution is 0.353. The molecular weight excluding hydrogens is 457 g/mol. The highest BCUT2D eigenvalue weighted by molar-refractivity contribution is 14.1. The number of benzene rings is 2. The fourth-order valence-electron chi connectivity index (χ4n) is 2.00. The second-order valence-corrected chi connectivity index (χ2v) is 6.49. The average Bonchev–Trinajstić information content (AvgIpc) is 2.53. The minimum atomic E-state index is 0.593. The van der Waals surface area contributed by atoms with Crippen molar-refractivity contribution in [3.05, 3.63) is 55.6 Å². The van der Waals surface area contributed by atoms with Gasteiger partial charge in [0, 0.05) is 4.47 Å². The molecule has 0 aromatic heterocycles. The zero-order valence-electron chi connectivity index (χ0n) is 12.1. The van der Waals surface area contributed by atoms with Crippen LogP contribution in [0.4, 0.5) is 0 Å². The SMILES string of the molecule is COc1cc(/C=C(/C#N)c2ccc(Br)cc2)cc(I)c1OC. The van der Waals surface area contributed by atoms with Crippen LogP contribution in [0.2, 0.25) is 0 Å². The first-order valence-electron chi connectivity index (χ1n) is 6.38. The summed E-state index contributed by atoms with van der Waals surface area (Å²) in [6, 6.07) is 13.7. The van der Waals surface area contributed by atoms with E-state index in [9.17, 15) is 5.26 Å². The van der Waals surface area contributed by atoms with Gasteiger partial charge in [0.25, 0.3) is 0 Å². The third-order valence-corrected chi connectivity index (χ3v) is 4.37. The van der Waals surface area contributed by atoms with E-state index in [2.05, 4.69) is 44.6 Å². The van der Waals surface area contributed by atoms with E-state index >= 15 is 0 Å². The molecule has 5 heteroatoms. The van der Waals surface area contributed by atoms with Crippen LogP contribution in [-0.4, -0.2) is 14.2 Å². The van der Waals surface area contributed by atoms with E-state index in [1.807, 2.05) is 42.5 Å². The molecule has 0 aliphatic carbocycles. The maximum atomic E-state index is 9.42. The van der Waals surface area contributed by atoms with Gasteiger partial charge in [0.15, 0.2) is 11.5 Å². The molecule has 0 N–H and O–H groups in total. The van der Waals surface area contributed by atoms with Crippen molar-refractivity contribution in [2.75, 3.05) is 14.2 Å². The maximum absolute atomic E-state index is 9.42. The Morgan fingerprint density at radius 3 is 2.41 bits per heavy atom. The van der Waals surface area contributed by atoms with Crippen LogP contribution in [0.1, 0.15) is 11.1 Å². The highest BCUT2D eigenvalue weighted by atomic mass is 127. The van der Waals surface area contributed by atoms with Gasteiger partial charge in [-0.15, -0.1) is 0 Å². The van der Waals surface area contributed by atoms with E-state index in [4.69, 9.17) is 9.47 Å². The number of hydrogen-bond acceptors (Lipinski definition) is 3. The second-order valence-electron chi connectivity index (χ2n) is 4.41. The van der Waals surface area contributed by atoms with Gasteiger partial charge in [-0.3, -0.25) is 0 Å². The van der Waals surface area contributed by atoms with Crippen molar-refractivity contribution in [3.63, 3.8) is 0 Å². The minimum absolute atomic E-state index is 0.593. The van der Waals surface area contributed by atoms with Crippen molar-refractivity contribution >= 4 is 50.2 Å². The summed E-state index contributed by atoms with van der Waals surface area (Å²) in [5.41, 5.74) is 2.35. The Bertz CT molecular complexity index is 748. The second kappa shape index (κ2) is 7.65. The molecule has 0 atom stereocenters. The maximum Gasteiger partial charge on any atom is 0.174 e. The summed E-state index contributed by atoms with van der Waals surface area (Å²) in [5.74, 6) is 1.34. The molecule has 0 spiro atoms. The fourth-order valence-corrected chi connectivity index (χ4v) is 3.11. The molecule has 2 aromatic carbocycles. The molecule has 0 bridgehead atoms. The van der Waals surface area contributed by atoms with E-state index in [-0.39, 0.29) is 0 Å². The lowest BCUT2D eigenvalue weighted by Crippen LogP contribution is -1.94. The fraction of sp³-hybridized carbons (Fsp3) is 0.118. The normalized spacial score (nSPS) is 11.0. The first-order valence-corrected chi connectivity index (χ1v) is 8.25. The van der Waals surface area contributed by atoms with Gasteiger partial charge in [-0.25, -0.2) is 0 Å². The molecule has 0 amide bonds. The Kier molecular flexibility index (Phi) is 5.86. The van der Waals surface area contributed by atoms with E-state index in [0.29, 0.717) is 17.1 Å². The number of allylic oxidation sites excluding steroid dienone is 1. The summed E-state index contributed by atoms with van der Waals surface area (Å²) in [4.78, 5) is 0. The van der Waals surface area contributed by atoms with Gasteiger partial charge in [0.2, 0.25) is 0 Å². The van der Waals surface area contributed by atoms with Gasteiger partial charge in [0.1, 0.15) is 0 Å². The molecule has 0 radical (unpaired) electrons. The van der Waals surface area contributed by atoms with Crippen LogP contribution in [0.3, 0.4) is 0 Å². The molecule has 0 aliphatic heterocycles. The Hall–Kier alpha value is -1.52. The monoisotopic (exact) mass is 469 g/mol. The molecule has 0 heterocycles. The Balaban J connectivity index is 2.48. The van der Waals surface area contributed by atoms with Gasteiger partial charge >= 0.3 is 0 Å². The molecule has 2 rings (SSSR count). The van der Waals surface area contributed by atoms with Gasteiger partial charge in [-0.2, -0.15) is 5.26 Å². The van der Waals surface area contributed by atoms with Crippen molar-refractivity contribution in [1.82, 2.24) is 0 Å². The summed E-state index contributed by atoms with van der Waals surface area (Å²) in [6.07, 6.45) is 1.84. The summed E-state index contributed by atoms with van der Waals surface area (Å²) >= 11 is 5.58. The Labute approximate surface area is 151 Å². The molecular formula is C17H13BrINO2. The topological polar surface area (TPSA) is 42.2 Å². The van der Waals surface area contributed by atoms with Crippen molar-refractivity contribution < 1.29 is 9.47 Å². The van der Waals surface area contributed by atoms with Crippen LogP contribution in [0.25, 0.3) is 11.6 Å². The van der Waals surface area contributed by atoms with Crippen LogP contribution in [-0.2, 0) is 0 Å². The minimum Gasteiger partial charge on any atom is -0.493 e. The summed E-state index contributed by atoms with van der Waals surface area (Å²) in [7, 11) is 3.21. The number of rotatable bonds is 4. The lowest BCUT2D eigenvalue weighted by Gasteiger charge is -2.10. The Morgan fingerprint density at radius 1 is 1.18 bits per heavy atom. The first kappa shape index (κ1) is 16.8. The van der Waals surface area contributed by atoms with Crippen LogP contribution < -0.4 is 9.47 Å². The molecule has 0 unspecified atom stereocenters. The van der Waals surface area contributed by atoms with E-state index in [1.165, 1.54) is 0 Å². The predicted molar refractivity (Wildman–Crippen MR) is 99.9 cm³/mol. The van der Waals surface area contributed by atoms with Gasteiger partial charge < -0.3 is 9.47 Å². The summed E-state index contributed by atoms with van der Waals surface area (Å²) < 4.78 is 12.6. The molecule has 0 aliphatic rings. The van der Waals surface area contributed by atoms with Gasteiger partial charge in [0.05, 0.1) is 29.4 Å². The number of nitrogens with zero attached hydrogens (tertiary/aromatic N) is 1. The van der Waals surface area contributed by atoms with E-state index < -0.39 is 0 Å². The number of ether oxygens (including phenoxy) is 2. The standard InChI is InChI=1S/C17H13BrINO2/c1-21-16-9-11(8-15(19)17(16)22-2)7-13(10-20)12-3-5-14(18)6-4-12/h3-9H,1-2H3/b13-7-. The van der Waals surface area contributed by atoms with E-state index in [1.54, 1.807) is 14.2 Å². The quantitative estimate of drug-likeness (QED) is 0.354. The van der Waals surface area contributed by atoms with Crippen molar-refractivity contribution in [1.29, 1.82) is 5.26 Å². The largest absolute Gasteiger partial charge is 0.493 e. The van der Waals surface area contributed by atoms with Crippen LogP contribution in [0, 0.1) is 14.9 Å². The molecule has 0 saturated heterocycles. The van der Waals surface area contributed by atoms with Crippen molar-refractivity contribution in [2.24, 2.45) is 0 Å². The van der Waals surface area contributed by atoms with Crippen LogP contribution in [0.5, 0.6) is 11.5 Å². The van der Waals surface area contributed by atoms with E-state index in [0.717, 1.165) is 19.2 Å². The van der Waals surface area contributed by atoms with Crippen molar-refractivity contribution in [3.8, 4) is 17.6 Å². The number of methoxy groups -OCH3 is 2. The number of hydrogen-bond donors (Lipinski definition) is 0. The third-order valence-electron chi connectivity index (χ3n) is 3.04. The van der Waals surface area contributed by atoms with Crippen LogP contribution in [0.15, 0.2) is 40.9 Å². The number of halogens is 2. The molecule has 22 heavy (non-hydrogen) atoms. The zero-order chi connectivity index (χ0) is 16.1. The molecule has 3 nitrogen and oxygen atoms in total. The zero-order valence-corrected chi connectivity index (χ0v) is 15.8. The Morgan fingerprint density at radius 2 is 1.86 bits per heavy atom. The molecule has 0 saturated carbocycles. The van der Waals surface area contributed by atoms with Gasteiger partial charge in [-0.1, -0.05) is 28.1 Å². The first-order chi connectivity index (χ1) is 10.6. The summed E-state index contributed by atoms with van der Waals surface area (Å²) in [6.45, 7) is 0. The lowest BCUT2D eigenvalue weighted by atomic mass is 10.0.